The van der Waals surface area contributed by atoms with Gasteiger partial charge in [0.15, 0.2) is 4.33 Å². The molecule has 6 heteroatoms. The van der Waals surface area contributed by atoms with E-state index in [9.17, 15) is 4.79 Å². The minimum Gasteiger partial charge on any atom is -0.330 e. The third kappa shape index (κ3) is 1.45. The maximum absolute atomic E-state index is 10.9. The van der Waals surface area contributed by atoms with E-state index in [0.717, 1.165) is 0 Å². The van der Waals surface area contributed by atoms with Crippen molar-refractivity contribution in [3.8, 4) is 0 Å². The van der Waals surface area contributed by atoms with Gasteiger partial charge in [0, 0.05) is 6.20 Å². The Kier molecular flexibility index (Phi) is 2.32. The third-order valence-electron chi connectivity index (χ3n) is 1.21. The van der Waals surface area contributed by atoms with Crippen LogP contribution in [0.5, 0.6) is 0 Å². The number of amides is 1. The first-order valence-electron chi connectivity index (χ1n) is 2.62. The molecule has 1 aliphatic rings. The summed E-state index contributed by atoms with van der Waals surface area (Å²) in [6.07, 6.45) is 2.60. The molecule has 0 radical (unpaired) electrons. The quantitative estimate of drug-likeness (QED) is 0.639. The Hall–Kier alpha value is 0.370. The van der Waals surface area contributed by atoms with Gasteiger partial charge in [0.2, 0.25) is 4.33 Å². The van der Waals surface area contributed by atoms with Crippen molar-refractivity contribution in [2.24, 2.45) is 0 Å². The summed E-state index contributed by atoms with van der Waals surface area (Å²) in [7, 11) is 0. The molecule has 0 saturated carbocycles. The van der Waals surface area contributed by atoms with Crippen LogP contribution in [0.15, 0.2) is 12.3 Å². The Bertz CT molecular complexity index is 223. The summed E-state index contributed by atoms with van der Waals surface area (Å²) < 4.78 is -3.40. The summed E-state index contributed by atoms with van der Waals surface area (Å²) >= 11 is 22.3. The molecule has 0 spiro atoms. The van der Waals surface area contributed by atoms with Gasteiger partial charge in [0.1, 0.15) is 0 Å². The maximum atomic E-state index is 10.9. The Morgan fingerprint density at radius 1 is 1.27 bits per heavy atom. The number of rotatable bonds is 0. The van der Waals surface area contributed by atoms with Crippen LogP contribution < -0.4 is 5.32 Å². The lowest BCUT2D eigenvalue weighted by molar-refractivity contribution is -0.121. The van der Waals surface area contributed by atoms with Gasteiger partial charge in [-0.3, -0.25) is 4.79 Å². The minimum atomic E-state index is -1.83. The molecule has 0 atom stereocenters. The van der Waals surface area contributed by atoms with E-state index in [-0.39, 0.29) is 0 Å². The molecular formula is C5H3Cl4NO. The molecule has 1 N–H and O–H groups in total. The number of carbonyl (C=O) groups is 1. The number of hydrogen-bond acceptors (Lipinski definition) is 1. The fraction of sp³-hybridized carbons (Fsp3) is 0.400. The Morgan fingerprint density at radius 2 is 1.82 bits per heavy atom. The normalized spacial score (nSPS) is 26.4. The van der Waals surface area contributed by atoms with Crippen molar-refractivity contribution < 1.29 is 4.79 Å². The number of hydrogen-bond donors (Lipinski definition) is 1. The van der Waals surface area contributed by atoms with Crippen LogP contribution in [0, 0.1) is 0 Å². The molecule has 1 aliphatic heterocycles. The van der Waals surface area contributed by atoms with Crippen molar-refractivity contribution in [3.63, 3.8) is 0 Å². The highest BCUT2D eigenvalue weighted by atomic mass is 35.5. The fourth-order valence-electron chi connectivity index (χ4n) is 0.569. The van der Waals surface area contributed by atoms with E-state index < -0.39 is 14.6 Å². The molecule has 1 amide bonds. The molecule has 0 aromatic rings. The van der Waals surface area contributed by atoms with Crippen LogP contribution >= 0.6 is 46.4 Å². The van der Waals surface area contributed by atoms with Gasteiger partial charge in [0.05, 0.1) is 0 Å². The second-order valence-corrected chi connectivity index (χ2v) is 4.72. The summed E-state index contributed by atoms with van der Waals surface area (Å²) in [5.41, 5.74) is 0. The van der Waals surface area contributed by atoms with Gasteiger partial charge >= 0.3 is 0 Å². The van der Waals surface area contributed by atoms with E-state index in [1.807, 2.05) is 0 Å². The molecule has 2 nitrogen and oxygen atoms in total. The summed E-state index contributed by atoms with van der Waals surface area (Å²) in [4.78, 5) is 10.9. The largest absolute Gasteiger partial charge is 0.330 e. The molecule has 1 heterocycles. The molecule has 0 aromatic carbocycles. The predicted octanol–water partition coefficient (Wildman–Crippen LogP) is 1.98. The molecule has 1 rings (SSSR count). The highest BCUT2D eigenvalue weighted by Gasteiger charge is 2.53. The van der Waals surface area contributed by atoms with E-state index in [1.165, 1.54) is 12.3 Å². The summed E-state index contributed by atoms with van der Waals surface area (Å²) in [5, 5.41) is 2.28. The highest BCUT2D eigenvalue weighted by molar-refractivity contribution is 6.69. The van der Waals surface area contributed by atoms with E-state index in [2.05, 4.69) is 5.32 Å². The zero-order valence-electron chi connectivity index (χ0n) is 5.07. The summed E-state index contributed by atoms with van der Waals surface area (Å²) in [5.74, 6) is -0.631. The summed E-state index contributed by atoms with van der Waals surface area (Å²) in [6.45, 7) is 0. The number of allylic oxidation sites excluding steroid dienone is 1. The van der Waals surface area contributed by atoms with E-state index in [1.54, 1.807) is 0 Å². The van der Waals surface area contributed by atoms with Gasteiger partial charge in [-0.2, -0.15) is 0 Å². The maximum Gasteiger partial charge on any atom is 0.263 e. The zero-order chi connectivity index (χ0) is 8.70. The topological polar surface area (TPSA) is 29.1 Å². The second kappa shape index (κ2) is 2.70. The van der Waals surface area contributed by atoms with Crippen molar-refractivity contribution in [1.29, 1.82) is 0 Å². The number of nitrogens with one attached hydrogen (secondary N) is 1. The van der Waals surface area contributed by atoms with Gasteiger partial charge < -0.3 is 5.32 Å². The number of alkyl halides is 4. The van der Waals surface area contributed by atoms with Crippen LogP contribution in [0.3, 0.4) is 0 Å². The average molecular weight is 235 g/mol. The summed E-state index contributed by atoms with van der Waals surface area (Å²) in [6, 6.07) is 0. The number of halogens is 4. The molecular weight excluding hydrogens is 232 g/mol. The lowest BCUT2D eigenvalue weighted by Gasteiger charge is -2.31. The first kappa shape index (κ1) is 9.46. The lowest BCUT2D eigenvalue weighted by Crippen LogP contribution is -2.50. The molecule has 0 saturated heterocycles. The van der Waals surface area contributed by atoms with Gasteiger partial charge in [0.25, 0.3) is 5.91 Å². The van der Waals surface area contributed by atoms with Gasteiger partial charge in [-0.15, -0.1) is 0 Å². The molecule has 0 unspecified atom stereocenters. The van der Waals surface area contributed by atoms with Crippen molar-refractivity contribution >= 4 is 52.3 Å². The average Bonchev–Trinajstić information content (AvgIpc) is 1.84. The highest BCUT2D eigenvalue weighted by Crippen LogP contribution is 2.45. The molecule has 62 valence electrons. The molecule has 0 bridgehead atoms. The molecule has 0 aromatic heterocycles. The number of carbonyl (C=O) groups excluding carboxylic acids is 1. The predicted molar refractivity (Wildman–Crippen MR) is 46.2 cm³/mol. The SMILES string of the molecule is O=C1NC=CC(Cl)(Cl)C1(Cl)Cl. The van der Waals surface area contributed by atoms with Gasteiger partial charge in [-0.25, -0.2) is 0 Å². The molecule has 0 aliphatic carbocycles. The van der Waals surface area contributed by atoms with Gasteiger partial charge in [-0.05, 0) is 6.08 Å². The Morgan fingerprint density at radius 3 is 2.18 bits per heavy atom. The zero-order valence-corrected chi connectivity index (χ0v) is 8.10. The second-order valence-electron chi connectivity index (χ2n) is 2.00. The monoisotopic (exact) mass is 233 g/mol. The van der Waals surface area contributed by atoms with Crippen LogP contribution in [-0.4, -0.2) is 14.6 Å². The Labute approximate surface area is 83.4 Å². The van der Waals surface area contributed by atoms with Crippen LogP contribution in [-0.2, 0) is 4.79 Å². The lowest BCUT2D eigenvalue weighted by atomic mass is 10.2. The van der Waals surface area contributed by atoms with Crippen LogP contribution in [0.4, 0.5) is 0 Å². The first-order chi connectivity index (χ1) is 4.88. The third-order valence-corrected chi connectivity index (χ3v) is 3.36. The molecule has 0 fully saturated rings. The van der Waals surface area contributed by atoms with Crippen molar-refractivity contribution in [2.75, 3.05) is 0 Å². The van der Waals surface area contributed by atoms with Crippen LogP contribution in [0.25, 0.3) is 0 Å². The standard InChI is InChI=1S/C5H3Cl4NO/c6-4(7)1-2-10-3(11)5(4,8)9/h1-2H,(H,10,11). The van der Waals surface area contributed by atoms with E-state index in [4.69, 9.17) is 46.4 Å². The van der Waals surface area contributed by atoms with Crippen molar-refractivity contribution in [3.05, 3.63) is 12.3 Å². The van der Waals surface area contributed by atoms with Gasteiger partial charge in [-0.1, -0.05) is 46.4 Å². The van der Waals surface area contributed by atoms with E-state index in [0.29, 0.717) is 0 Å². The molecule has 11 heavy (non-hydrogen) atoms. The smallest absolute Gasteiger partial charge is 0.263 e. The van der Waals surface area contributed by atoms with Crippen molar-refractivity contribution in [2.45, 2.75) is 8.67 Å². The Balaban J connectivity index is 3.07. The minimum absolute atomic E-state index is 0.631. The first-order valence-corrected chi connectivity index (χ1v) is 4.13. The fourth-order valence-corrected chi connectivity index (χ4v) is 1.10. The van der Waals surface area contributed by atoms with Crippen molar-refractivity contribution in [1.82, 2.24) is 5.32 Å². The van der Waals surface area contributed by atoms with Crippen LogP contribution in [0.1, 0.15) is 0 Å². The van der Waals surface area contributed by atoms with Crippen LogP contribution in [0.2, 0.25) is 0 Å². The van der Waals surface area contributed by atoms with E-state index >= 15 is 0 Å².